The Morgan fingerprint density at radius 2 is 1.83 bits per heavy atom. The van der Waals surface area contributed by atoms with Crippen LogP contribution in [0.1, 0.15) is 30.0 Å². The van der Waals surface area contributed by atoms with E-state index < -0.39 is 11.9 Å². The van der Waals surface area contributed by atoms with E-state index in [2.05, 4.69) is 15.5 Å². The molecule has 4 aromatic rings. The van der Waals surface area contributed by atoms with Gasteiger partial charge in [0.25, 0.3) is 5.89 Å². The molecule has 0 spiro atoms. The van der Waals surface area contributed by atoms with E-state index in [0.717, 1.165) is 16.0 Å². The lowest BCUT2D eigenvalue weighted by molar-refractivity contribution is 0.244. The Kier molecular flexibility index (Phi) is 6.13. The summed E-state index contributed by atoms with van der Waals surface area (Å²) >= 11 is 1.59. The highest BCUT2D eigenvalue weighted by Crippen LogP contribution is 2.39. The topological polar surface area (TPSA) is 71.3 Å². The third kappa shape index (κ3) is 4.44. The maximum absolute atomic E-state index is 14.1. The minimum atomic E-state index is -0.663. The Bertz CT molecular complexity index is 1450. The summed E-state index contributed by atoms with van der Waals surface area (Å²) in [5.74, 6) is 0.309. The van der Waals surface area contributed by atoms with Crippen LogP contribution in [0.15, 0.2) is 87.9 Å². The van der Waals surface area contributed by atoms with Gasteiger partial charge in [0.2, 0.25) is 5.82 Å². The zero-order valence-electron chi connectivity index (χ0n) is 19.4. The molecule has 0 saturated heterocycles. The largest absolute Gasteiger partial charge is 0.334 e. The van der Waals surface area contributed by atoms with Crippen molar-refractivity contribution >= 4 is 29.1 Å². The second-order valence-electron chi connectivity index (χ2n) is 8.27. The molecule has 0 radical (unpaired) electrons. The van der Waals surface area contributed by atoms with Gasteiger partial charge in [-0.1, -0.05) is 47.1 Å². The van der Waals surface area contributed by atoms with Gasteiger partial charge in [0.15, 0.2) is 0 Å². The minimum absolute atomic E-state index is 0.263. The number of aromatic nitrogens is 2. The van der Waals surface area contributed by atoms with E-state index in [1.807, 2.05) is 68.6 Å². The molecule has 1 unspecified atom stereocenters. The molecular formula is C27H23FN4O2S. The van der Waals surface area contributed by atoms with Gasteiger partial charge < -0.3 is 9.84 Å². The molecule has 0 saturated carbocycles. The molecule has 1 aromatic heterocycles. The van der Waals surface area contributed by atoms with Gasteiger partial charge in [0.05, 0.1) is 17.3 Å². The molecule has 176 valence electrons. The van der Waals surface area contributed by atoms with Crippen LogP contribution in [-0.2, 0) is 0 Å². The number of amides is 2. The number of anilines is 1. The first-order valence-corrected chi connectivity index (χ1v) is 12.3. The number of hydrogen-bond donors (Lipinski definition) is 1. The molecule has 0 fully saturated rings. The van der Waals surface area contributed by atoms with E-state index in [4.69, 9.17) is 4.52 Å². The Labute approximate surface area is 206 Å². The van der Waals surface area contributed by atoms with Crippen molar-refractivity contribution in [2.45, 2.75) is 24.8 Å². The summed E-state index contributed by atoms with van der Waals surface area (Å²) in [7, 11) is 0. The summed E-state index contributed by atoms with van der Waals surface area (Å²) in [5.41, 5.74) is 4.43. The van der Waals surface area contributed by atoms with Crippen LogP contribution in [-0.4, -0.2) is 22.4 Å². The van der Waals surface area contributed by atoms with Crippen molar-refractivity contribution in [3.05, 3.63) is 101 Å². The maximum atomic E-state index is 14.1. The average Bonchev–Trinajstić information content (AvgIpc) is 3.34. The number of halogens is 1. The van der Waals surface area contributed by atoms with Gasteiger partial charge in [-0.05, 0) is 62.1 Å². The fourth-order valence-electron chi connectivity index (χ4n) is 4.25. The number of nitrogens with zero attached hydrogens (tertiary/aromatic N) is 3. The molecule has 1 N–H and O–H groups in total. The van der Waals surface area contributed by atoms with E-state index in [-0.39, 0.29) is 11.9 Å². The molecule has 35 heavy (non-hydrogen) atoms. The second-order valence-corrected chi connectivity index (χ2v) is 9.15. The summed E-state index contributed by atoms with van der Waals surface area (Å²) in [6, 6.07) is 20.7. The third-order valence-electron chi connectivity index (χ3n) is 5.91. The monoisotopic (exact) mass is 486 g/mol. The Hall–Kier alpha value is -3.91. The molecule has 0 bridgehead atoms. The van der Waals surface area contributed by atoms with Gasteiger partial charge in [0.1, 0.15) is 5.82 Å². The zero-order valence-corrected chi connectivity index (χ0v) is 20.3. The molecule has 1 aliphatic rings. The number of benzene rings is 3. The molecule has 8 heteroatoms. The number of urea groups is 1. The number of rotatable bonds is 5. The molecular weight excluding hydrogens is 463 g/mol. The van der Waals surface area contributed by atoms with Crippen LogP contribution in [0, 0.1) is 12.7 Å². The standard InChI is InChI=1S/C27H23FN4O2S/c1-16-7-4-9-19(13-16)25-30-26(34-31-25)23-17(2)32(21-11-6-12-22(15-21)35-3)27(33)29-24(23)18-8-5-10-20(28)14-18/h4-15,24H,1-3H3,(H,29,33). The normalized spacial score (nSPS) is 15.9. The van der Waals surface area contributed by atoms with Gasteiger partial charge in [-0.2, -0.15) is 4.98 Å². The molecule has 2 amide bonds. The Morgan fingerprint density at radius 1 is 1.03 bits per heavy atom. The fourth-order valence-corrected chi connectivity index (χ4v) is 4.70. The SMILES string of the molecule is CSc1cccc(N2C(=O)NC(c3cccc(F)c3)C(c3nc(-c4cccc(C)c4)no3)=C2C)c1. The summed E-state index contributed by atoms with van der Waals surface area (Å²) < 4.78 is 19.9. The first kappa shape index (κ1) is 22.9. The summed E-state index contributed by atoms with van der Waals surface area (Å²) in [4.78, 5) is 20.6. The van der Waals surface area contributed by atoms with Crippen molar-refractivity contribution in [2.75, 3.05) is 11.2 Å². The van der Waals surface area contributed by atoms with Crippen molar-refractivity contribution < 1.29 is 13.7 Å². The average molecular weight is 487 g/mol. The highest BCUT2D eigenvalue weighted by molar-refractivity contribution is 7.98. The number of hydrogen-bond acceptors (Lipinski definition) is 5. The van der Waals surface area contributed by atoms with Crippen molar-refractivity contribution in [1.29, 1.82) is 0 Å². The lowest BCUT2D eigenvalue weighted by Gasteiger charge is -2.35. The predicted octanol–water partition coefficient (Wildman–Crippen LogP) is 6.61. The van der Waals surface area contributed by atoms with Crippen molar-refractivity contribution in [1.82, 2.24) is 15.5 Å². The smallest absolute Gasteiger partial charge is 0.326 e. The molecule has 1 atom stereocenters. The van der Waals surface area contributed by atoms with Crippen molar-refractivity contribution in [2.24, 2.45) is 0 Å². The maximum Gasteiger partial charge on any atom is 0.326 e. The number of carbonyl (C=O) groups is 1. The van der Waals surface area contributed by atoms with Crippen LogP contribution in [0.5, 0.6) is 0 Å². The van der Waals surface area contributed by atoms with Crippen LogP contribution < -0.4 is 10.2 Å². The lowest BCUT2D eigenvalue weighted by atomic mass is 9.94. The van der Waals surface area contributed by atoms with E-state index in [1.165, 1.54) is 12.1 Å². The summed E-state index contributed by atoms with van der Waals surface area (Å²) in [6.07, 6.45) is 1.98. The first-order chi connectivity index (χ1) is 16.9. The number of allylic oxidation sites excluding steroid dienone is 1. The van der Waals surface area contributed by atoms with Gasteiger partial charge in [-0.3, -0.25) is 4.90 Å². The highest BCUT2D eigenvalue weighted by atomic mass is 32.2. The van der Waals surface area contributed by atoms with Gasteiger partial charge >= 0.3 is 6.03 Å². The quantitative estimate of drug-likeness (QED) is 0.322. The van der Waals surface area contributed by atoms with E-state index in [9.17, 15) is 9.18 Å². The van der Waals surface area contributed by atoms with Crippen LogP contribution in [0.25, 0.3) is 17.0 Å². The molecule has 2 heterocycles. The molecule has 3 aromatic carbocycles. The van der Waals surface area contributed by atoms with Gasteiger partial charge in [-0.25, -0.2) is 9.18 Å². The molecule has 6 nitrogen and oxygen atoms in total. The van der Waals surface area contributed by atoms with Crippen LogP contribution >= 0.6 is 11.8 Å². The van der Waals surface area contributed by atoms with E-state index in [0.29, 0.717) is 28.3 Å². The van der Waals surface area contributed by atoms with Crippen molar-refractivity contribution in [3.63, 3.8) is 0 Å². The third-order valence-corrected chi connectivity index (χ3v) is 6.64. The van der Waals surface area contributed by atoms with Crippen LogP contribution in [0.4, 0.5) is 14.9 Å². The predicted molar refractivity (Wildman–Crippen MR) is 135 cm³/mol. The first-order valence-electron chi connectivity index (χ1n) is 11.1. The van der Waals surface area contributed by atoms with E-state index >= 15 is 0 Å². The lowest BCUT2D eigenvalue weighted by Crippen LogP contribution is -2.46. The number of nitrogens with one attached hydrogen (secondary N) is 1. The molecule has 0 aliphatic carbocycles. The number of carbonyl (C=O) groups excluding carboxylic acids is 1. The minimum Gasteiger partial charge on any atom is -0.334 e. The van der Waals surface area contributed by atoms with Gasteiger partial charge in [0, 0.05) is 16.2 Å². The Morgan fingerprint density at radius 3 is 2.60 bits per heavy atom. The second kappa shape index (κ2) is 9.38. The number of aryl methyl sites for hydroxylation is 1. The molecule has 5 rings (SSSR count). The van der Waals surface area contributed by atoms with Crippen LogP contribution in [0.2, 0.25) is 0 Å². The van der Waals surface area contributed by atoms with Crippen LogP contribution in [0.3, 0.4) is 0 Å². The Balaban J connectivity index is 1.67. The highest BCUT2D eigenvalue weighted by Gasteiger charge is 2.36. The fraction of sp³-hybridized carbons (Fsp3) is 0.148. The summed E-state index contributed by atoms with van der Waals surface area (Å²) in [6.45, 7) is 3.83. The van der Waals surface area contributed by atoms with Gasteiger partial charge in [-0.15, -0.1) is 11.8 Å². The van der Waals surface area contributed by atoms with Crippen molar-refractivity contribution in [3.8, 4) is 11.4 Å². The van der Waals surface area contributed by atoms with E-state index in [1.54, 1.807) is 28.8 Å². The molecule has 1 aliphatic heterocycles. The summed E-state index contributed by atoms with van der Waals surface area (Å²) in [5, 5.41) is 7.21. The number of thioether (sulfide) groups is 1. The zero-order chi connectivity index (χ0) is 24.5.